The zero-order valence-electron chi connectivity index (χ0n) is 14.5. The number of hydrogen-bond acceptors (Lipinski definition) is 8. The van der Waals surface area contributed by atoms with Gasteiger partial charge in [-0.05, 0) is 13.0 Å². The van der Waals surface area contributed by atoms with Crippen LogP contribution in [0, 0.1) is 18.3 Å². The summed E-state index contributed by atoms with van der Waals surface area (Å²) in [5.41, 5.74) is 1.02. The number of anilines is 1. The van der Waals surface area contributed by atoms with Gasteiger partial charge in [0.25, 0.3) is 0 Å². The van der Waals surface area contributed by atoms with Gasteiger partial charge in [-0.1, -0.05) is 0 Å². The molecule has 1 aliphatic heterocycles. The van der Waals surface area contributed by atoms with Gasteiger partial charge < -0.3 is 14.4 Å². The van der Waals surface area contributed by atoms with E-state index in [9.17, 15) is 8.42 Å². The van der Waals surface area contributed by atoms with Gasteiger partial charge in [0, 0.05) is 39.0 Å². The normalized spacial score (nSPS) is 16.0. The molecule has 138 valence electrons. The average Bonchev–Trinajstić information content (AvgIpc) is 2.61. The van der Waals surface area contributed by atoms with Crippen LogP contribution < -0.4 is 4.90 Å². The van der Waals surface area contributed by atoms with Gasteiger partial charge in [-0.25, -0.2) is 18.4 Å². The van der Waals surface area contributed by atoms with Crippen LogP contribution in [0.5, 0.6) is 0 Å². The highest BCUT2D eigenvalue weighted by Gasteiger charge is 2.27. The fourth-order valence-corrected chi connectivity index (χ4v) is 3.76. The molecule has 0 bridgehead atoms. The molecule has 1 fully saturated rings. The molecule has 0 aliphatic carbocycles. The van der Waals surface area contributed by atoms with E-state index in [1.54, 1.807) is 20.1 Å². The Morgan fingerprint density at radius 3 is 2.56 bits per heavy atom. The van der Waals surface area contributed by atoms with E-state index in [2.05, 4.69) is 9.97 Å². The first-order chi connectivity index (χ1) is 12.0. The van der Waals surface area contributed by atoms with Crippen LogP contribution in [-0.2, 0) is 19.5 Å². The maximum Gasteiger partial charge on any atom is 0.226 e. The zero-order valence-corrected chi connectivity index (χ0v) is 15.3. The van der Waals surface area contributed by atoms with Gasteiger partial charge in [0.2, 0.25) is 16.0 Å². The largest absolute Gasteiger partial charge is 0.382 e. The maximum absolute atomic E-state index is 12.3. The molecular weight excluding hydrogens is 346 g/mol. The molecule has 1 aromatic rings. The average molecular weight is 369 g/mol. The van der Waals surface area contributed by atoms with Crippen LogP contribution in [0.3, 0.4) is 0 Å². The van der Waals surface area contributed by atoms with E-state index in [1.165, 1.54) is 4.31 Å². The molecule has 1 saturated heterocycles. The molecule has 1 aliphatic rings. The van der Waals surface area contributed by atoms with E-state index in [0.29, 0.717) is 56.7 Å². The minimum Gasteiger partial charge on any atom is -0.382 e. The van der Waals surface area contributed by atoms with Crippen molar-refractivity contribution in [1.29, 1.82) is 5.26 Å². The van der Waals surface area contributed by atoms with Crippen LogP contribution in [0.4, 0.5) is 5.95 Å². The first kappa shape index (κ1) is 19.5. The van der Waals surface area contributed by atoms with Crippen molar-refractivity contribution in [3.8, 4) is 6.07 Å². The smallest absolute Gasteiger partial charge is 0.226 e. The molecule has 0 saturated carbocycles. The monoisotopic (exact) mass is 369 g/mol. The molecule has 0 radical (unpaired) electrons. The number of piperazine rings is 1. The van der Waals surface area contributed by atoms with Gasteiger partial charge in [0.05, 0.1) is 25.6 Å². The highest BCUT2D eigenvalue weighted by atomic mass is 32.2. The van der Waals surface area contributed by atoms with Gasteiger partial charge in [-0.3, -0.25) is 0 Å². The van der Waals surface area contributed by atoms with Crippen molar-refractivity contribution in [2.45, 2.75) is 6.92 Å². The number of hydrogen-bond donors (Lipinski definition) is 0. The topological polar surface area (TPSA) is 109 Å². The second-order valence-corrected chi connectivity index (χ2v) is 7.70. The number of methoxy groups -OCH3 is 1. The number of aryl methyl sites for hydroxylation is 1. The quantitative estimate of drug-likeness (QED) is 0.578. The fraction of sp³-hybridized carbons (Fsp3) is 0.667. The van der Waals surface area contributed by atoms with E-state index >= 15 is 0 Å². The van der Waals surface area contributed by atoms with E-state index in [1.807, 2.05) is 11.0 Å². The van der Waals surface area contributed by atoms with Gasteiger partial charge in [-0.15, -0.1) is 0 Å². The Balaban J connectivity index is 1.88. The molecule has 2 heterocycles. The molecule has 10 heteroatoms. The van der Waals surface area contributed by atoms with Crippen molar-refractivity contribution in [1.82, 2.24) is 14.3 Å². The number of sulfonamides is 1. The lowest BCUT2D eigenvalue weighted by molar-refractivity contribution is 0.0781. The fourth-order valence-electron chi connectivity index (χ4n) is 2.46. The third-order valence-electron chi connectivity index (χ3n) is 3.79. The summed E-state index contributed by atoms with van der Waals surface area (Å²) >= 11 is 0. The van der Waals surface area contributed by atoms with Crippen molar-refractivity contribution in [2.24, 2.45) is 0 Å². The van der Waals surface area contributed by atoms with Gasteiger partial charge >= 0.3 is 0 Å². The summed E-state index contributed by atoms with van der Waals surface area (Å²) in [5.74, 6) is 0.424. The molecule has 0 amide bonds. The lowest BCUT2D eigenvalue weighted by Gasteiger charge is -2.34. The van der Waals surface area contributed by atoms with Crippen LogP contribution >= 0.6 is 0 Å². The third kappa shape index (κ3) is 5.61. The summed E-state index contributed by atoms with van der Waals surface area (Å²) in [6.07, 6.45) is 0. The lowest BCUT2D eigenvalue weighted by atomic mass is 10.3. The van der Waals surface area contributed by atoms with Crippen LogP contribution in [0.2, 0.25) is 0 Å². The van der Waals surface area contributed by atoms with E-state index < -0.39 is 10.0 Å². The summed E-state index contributed by atoms with van der Waals surface area (Å²) in [5, 5.41) is 9.00. The summed E-state index contributed by atoms with van der Waals surface area (Å²) in [4.78, 5) is 10.4. The molecule has 25 heavy (non-hydrogen) atoms. The molecule has 9 nitrogen and oxygen atoms in total. The van der Waals surface area contributed by atoms with Crippen molar-refractivity contribution in [3.05, 3.63) is 17.5 Å². The second-order valence-electron chi connectivity index (χ2n) is 5.61. The summed E-state index contributed by atoms with van der Waals surface area (Å²) in [7, 11) is -1.78. The Labute approximate surface area is 148 Å². The zero-order chi connectivity index (χ0) is 18.3. The number of nitrogens with zero attached hydrogens (tertiary/aromatic N) is 5. The molecule has 0 spiro atoms. The van der Waals surface area contributed by atoms with Crippen LogP contribution in [0.25, 0.3) is 0 Å². The number of rotatable bonds is 8. The van der Waals surface area contributed by atoms with E-state index in [-0.39, 0.29) is 12.4 Å². The standard InChI is InChI=1S/C15H23N5O4S/c1-13-11-14(12-16)18-15(17-13)19-3-5-20(6-4-19)25(21,22)10-9-24-8-7-23-2/h11H,3-10H2,1-2H3. The Morgan fingerprint density at radius 2 is 1.92 bits per heavy atom. The molecule has 0 atom stereocenters. The maximum atomic E-state index is 12.3. The summed E-state index contributed by atoms with van der Waals surface area (Å²) < 4.78 is 36.2. The highest BCUT2D eigenvalue weighted by Crippen LogP contribution is 2.15. The van der Waals surface area contributed by atoms with E-state index in [4.69, 9.17) is 14.7 Å². The van der Waals surface area contributed by atoms with Crippen molar-refractivity contribution >= 4 is 16.0 Å². The molecule has 1 aromatic heterocycles. The second kappa shape index (κ2) is 9.05. The van der Waals surface area contributed by atoms with Crippen molar-refractivity contribution in [3.63, 3.8) is 0 Å². The van der Waals surface area contributed by atoms with E-state index in [0.717, 1.165) is 0 Å². The first-order valence-electron chi connectivity index (χ1n) is 8.01. The number of nitriles is 1. The predicted molar refractivity (Wildman–Crippen MR) is 91.8 cm³/mol. The molecule has 0 unspecified atom stereocenters. The summed E-state index contributed by atoms with van der Waals surface area (Å²) in [6.45, 7) is 4.47. The number of aromatic nitrogens is 2. The molecule has 2 rings (SSSR count). The first-order valence-corrected chi connectivity index (χ1v) is 9.62. The Kier molecular flexibility index (Phi) is 7.07. The predicted octanol–water partition coefficient (Wildman–Crippen LogP) is -0.228. The van der Waals surface area contributed by atoms with Crippen molar-refractivity contribution in [2.75, 3.05) is 63.8 Å². The van der Waals surface area contributed by atoms with Crippen LogP contribution in [0.1, 0.15) is 11.4 Å². The lowest BCUT2D eigenvalue weighted by Crippen LogP contribution is -2.50. The van der Waals surface area contributed by atoms with Crippen LogP contribution in [0.15, 0.2) is 6.07 Å². The van der Waals surface area contributed by atoms with Crippen LogP contribution in [-0.4, -0.2) is 81.6 Å². The van der Waals surface area contributed by atoms with Gasteiger partial charge in [0.15, 0.2) is 0 Å². The molecular formula is C15H23N5O4S. The number of ether oxygens (including phenoxy) is 2. The Hall–Kier alpha value is -1.80. The highest BCUT2D eigenvalue weighted by molar-refractivity contribution is 7.89. The van der Waals surface area contributed by atoms with Crippen molar-refractivity contribution < 1.29 is 17.9 Å². The Morgan fingerprint density at radius 1 is 1.20 bits per heavy atom. The Bertz CT molecular complexity index is 711. The third-order valence-corrected chi connectivity index (χ3v) is 5.62. The van der Waals surface area contributed by atoms with Gasteiger partial charge in [0.1, 0.15) is 11.8 Å². The minimum absolute atomic E-state index is 0.0454. The molecule has 0 aromatic carbocycles. The van der Waals surface area contributed by atoms with Gasteiger partial charge in [-0.2, -0.15) is 9.57 Å². The SMILES string of the molecule is COCCOCCS(=O)(=O)N1CCN(c2nc(C)cc(C#N)n2)CC1. The molecule has 0 N–H and O–H groups in total. The minimum atomic E-state index is -3.35. The summed E-state index contributed by atoms with van der Waals surface area (Å²) in [6, 6.07) is 3.63.